The van der Waals surface area contributed by atoms with E-state index in [1.807, 2.05) is 6.07 Å². The monoisotopic (exact) mass is 277 g/mol. The van der Waals surface area contributed by atoms with E-state index < -0.39 is 0 Å². The summed E-state index contributed by atoms with van der Waals surface area (Å²) in [6.45, 7) is 1.78. The van der Waals surface area contributed by atoms with Gasteiger partial charge in [-0.15, -0.1) is 0 Å². The van der Waals surface area contributed by atoms with Crippen molar-refractivity contribution in [3.63, 3.8) is 0 Å². The van der Waals surface area contributed by atoms with E-state index in [9.17, 15) is 9.18 Å². The van der Waals surface area contributed by atoms with E-state index in [-0.39, 0.29) is 18.1 Å². The average Bonchev–Trinajstić information content (AvgIpc) is 2.38. The molecule has 0 aliphatic carbocycles. The first-order valence-electron chi connectivity index (χ1n) is 5.85. The summed E-state index contributed by atoms with van der Waals surface area (Å²) in [7, 11) is 0. The summed E-state index contributed by atoms with van der Waals surface area (Å²) in [6.07, 6.45) is 0. The average molecular weight is 278 g/mol. The number of hydrogen-bond donors (Lipinski definition) is 1. The van der Waals surface area contributed by atoms with Crippen LogP contribution in [0.4, 0.5) is 10.1 Å². The first-order valence-corrected chi connectivity index (χ1v) is 6.23. The Hall–Kier alpha value is -1.87. The maximum Gasteiger partial charge on any atom is 0.159 e. The third kappa shape index (κ3) is 3.32. The highest BCUT2D eigenvalue weighted by Gasteiger charge is 2.07. The second-order valence-electron chi connectivity index (χ2n) is 4.19. The zero-order valence-corrected chi connectivity index (χ0v) is 11.2. The highest BCUT2D eigenvalue weighted by atomic mass is 35.5. The van der Waals surface area contributed by atoms with Crippen molar-refractivity contribution in [3.05, 3.63) is 64.4 Å². The standard InChI is InChI=1S/C15H13ClFNO/c1-10(19)11-4-2-5-12(8-11)18-9-13-14(16)6-3-7-15(13)17/h2-8,18H,9H2,1H3. The second-order valence-corrected chi connectivity index (χ2v) is 4.60. The molecule has 0 heterocycles. The molecule has 0 unspecified atom stereocenters. The van der Waals surface area contributed by atoms with Crippen LogP contribution in [0, 0.1) is 5.82 Å². The first-order chi connectivity index (χ1) is 9.08. The minimum Gasteiger partial charge on any atom is -0.381 e. The van der Waals surface area contributed by atoms with Crippen molar-refractivity contribution in [2.24, 2.45) is 0 Å². The van der Waals surface area contributed by atoms with Crippen molar-refractivity contribution < 1.29 is 9.18 Å². The van der Waals surface area contributed by atoms with Gasteiger partial charge in [0.1, 0.15) is 5.82 Å². The van der Waals surface area contributed by atoms with Gasteiger partial charge in [-0.05, 0) is 31.2 Å². The molecular formula is C15H13ClFNO. The lowest BCUT2D eigenvalue weighted by Gasteiger charge is -2.09. The molecule has 0 amide bonds. The molecule has 0 bridgehead atoms. The van der Waals surface area contributed by atoms with Crippen molar-refractivity contribution in [2.45, 2.75) is 13.5 Å². The number of carbonyl (C=O) groups is 1. The highest BCUT2D eigenvalue weighted by molar-refractivity contribution is 6.31. The van der Waals surface area contributed by atoms with Gasteiger partial charge in [-0.25, -0.2) is 4.39 Å². The lowest BCUT2D eigenvalue weighted by Crippen LogP contribution is -2.03. The third-order valence-corrected chi connectivity index (χ3v) is 3.15. The lowest BCUT2D eigenvalue weighted by molar-refractivity contribution is 0.101. The third-order valence-electron chi connectivity index (χ3n) is 2.80. The Morgan fingerprint density at radius 1 is 1.26 bits per heavy atom. The normalized spacial score (nSPS) is 10.3. The zero-order valence-electron chi connectivity index (χ0n) is 10.4. The Morgan fingerprint density at radius 3 is 2.68 bits per heavy atom. The fourth-order valence-corrected chi connectivity index (χ4v) is 1.97. The van der Waals surface area contributed by atoms with Crippen LogP contribution in [0.15, 0.2) is 42.5 Å². The Labute approximate surface area is 116 Å². The molecule has 0 saturated heterocycles. The summed E-state index contributed by atoms with van der Waals surface area (Å²) in [5.41, 5.74) is 1.79. The smallest absolute Gasteiger partial charge is 0.159 e. The molecular weight excluding hydrogens is 265 g/mol. The summed E-state index contributed by atoms with van der Waals surface area (Å²) in [5.74, 6) is -0.352. The number of carbonyl (C=O) groups excluding carboxylic acids is 1. The van der Waals surface area contributed by atoms with Crippen LogP contribution < -0.4 is 5.32 Å². The van der Waals surface area contributed by atoms with Crippen LogP contribution in [0.1, 0.15) is 22.8 Å². The largest absolute Gasteiger partial charge is 0.381 e. The maximum absolute atomic E-state index is 13.6. The fraction of sp³-hybridized carbons (Fsp3) is 0.133. The van der Waals surface area contributed by atoms with Crippen LogP contribution in [-0.4, -0.2) is 5.78 Å². The number of anilines is 1. The van der Waals surface area contributed by atoms with Gasteiger partial charge in [0.05, 0.1) is 0 Å². The first kappa shape index (κ1) is 13.6. The van der Waals surface area contributed by atoms with Gasteiger partial charge in [-0.2, -0.15) is 0 Å². The van der Waals surface area contributed by atoms with Crippen LogP contribution in [0.25, 0.3) is 0 Å². The summed E-state index contributed by atoms with van der Waals surface area (Å²) >= 11 is 5.94. The van der Waals surface area contributed by atoms with Crippen molar-refractivity contribution in [1.29, 1.82) is 0 Å². The predicted octanol–water partition coefficient (Wildman–Crippen LogP) is 4.29. The molecule has 19 heavy (non-hydrogen) atoms. The van der Waals surface area contributed by atoms with Gasteiger partial charge in [0.15, 0.2) is 5.78 Å². The van der Waals surface area contributed by atoms with Crippen LogP contribution in [0.5, 0.6) is 0 Å². The number of nitrogens with one attached hydrogen (secondary N) is 1. The molecule has 2 aromatic carbocycles. The van der Waals surface area contributed by atoms with Gasteiger partial charge in [-0.1, -0.05) is 29.8 Å². The van der Waals surface area contributed by atoms with Crippen LogP contribution in [0.3, 0.4) is 0 Å². The molecule has 0 aliphatic rings. The van der Waals surface area contributed by atoms with Crippen molar-refractivity contribution >= 4 is 23.1 Å². The molecule has 0 aromatic heterocycles. The molecule has 2 nitrogen and oxygen atoms in total. The number of benzene rings is 2. The SMILES string of the molecule is CC(=O)c1cccc(NCc2c(F)cccc2Cl)c1. The Morgan fingerprint density at radius 2 is 2.00 bits per heavy atom. The van der Waals surface area contributed by atoms with Gasteiger partial charge < -0.3 is 5.32 Å². The molecule has 1 N–H and O–H groups in total. The number of halogens is 2. The lowest BCUT2D eigenvalue weighted by atomic mass is 10.1. The Bertz CT molecular complexity index is 593. The molecule has 0 fully saturated rings. The zero-order chi connectivity index (χ0) is 13.8. The van der Waals surface area contributed by atoms with Crippen LogP contribution >= 0.6 is 11.6 Å². The molecule has 0 spiro atoms. The van der Waals surface area contributed by atoms with Gasteiger partial charge in [0.25, 0.3) is 0 Å². The molecule has 0 saturated carbocycles. The number of hydrogen-bond acceptors (Lipinski definition) is 2. The fourth-order valence-electron chi connectivity index (χ4n) is 1.74. The van der Waals surface area contributed by atoms with Gasteiger partial charge in [-0.3, -0.25) is 4.79 Å². The molecule has 0 radical (unpaired) electrons. The minimum atomic E-state index is -0.345. The van der Waals surface area contributed by atoms with Crippen LogP contribution in [-0.2, 0) is 6.54 Å². The molecule has 2 aromatic rings. The van der Waals surface area contributed by atoms with Crippen LogP contribution in [0.2, 0.25) is 5.02 Å². The van der Waals surface area contributed by atoms with E-state index in [0.717, 1.165) is 5.69 Å². The van der Waals surface area contributed by atoms with E-state index in [1.165, 1.54) is 13.0 Å². The van der Waals surface area contributed by atoms with E-state index in [2.05, 4.69) is 5.32 Å². The van der Waals surface area contributed by atoms with Gasteiger partial charge in [0, 0.05) is 28.4 Å². The molecule has 2 rings (SSSR count). The van der Waals surface area contributed by atoms with E-state index in [1.54, 1.807) is 30.3 Å². The maximum atomic E-state index is 13.6. The Balaban J connectivity index is 2.15. The number of ketones is 1. The van der Waals surface area contributed by atoms with Gasteiger partial charge >= 0.3 is 0 Å². The summed E-state index contributed by atoms with van der Waals surface area (Å²) < 4.78 is 13.6. The van der Waals surface area contributed by atoms with Gasteiger partial charge in [0.2, 0.25) is 0 Å². The van der Waals surface area contributed by atoms with E-state index in [4.69, 9.17) is 11.6 Å². The highest BCUT2D eigenvalue weighted by Crippen LogP contribution is 2.20. The molecule has 0 atom stereocenters. The topological polar surface area (TPSA) is 29.1 Å². The molecule has 98 valence electrons. The van der Waals surface area contributed by atoms with Crippen molar-refractivity contribution in [2.75, 3.05) is 5.32 Å². The van der Waals surface area contributed by atoms with E-state index >= 15 is 0 Å². The predicted molar refractivity (Wildman–Crippen MR) is 75.2 cm³/mol. The molecule has 4 heteroatoms. The second kappa shape index (κ2) is 5.85. The Kier molecular flexibility index (Phi) is 4.17. The van der Waals surface area contributed by atoms with E-state index in [0.29, 0.717) is 16.1 Å². The van der Waals surface area contributed by atoms with Crippen molar-refractivity contribution in [1.82, 2.24) is 0 Å². The minimum absolute atomic E-state index is 0.00688. The summed E-state index contributed by atoms with van der Waals surface area (Å²) in [6, 6.07) is 11.7. The quantitative estimate of drug-likeness (QED) is 0.845. The summed E-state index contributed by atoms with van der Waals surface area (Å²) in [5, 5.41) is 3.45. The number of Topliss-reactive ketones (excluding diaryl/α,β-unsaturated/α-hetero) is 1. The molecule has 0 aliphatic heterocycles. The number of rotatable bonds is 4. The summed E-state index contributed by atoms with van der Waals surface area (Å²) in [4.78, 5) is 11.3. The van der Waals surface area contributed by atoms with Crippen molar-refractivity contribution in [3.8, 4) is 0 Å².